The van der Waals surface area contributed by atoms with Crippen molar-refractivity contribution < 1.29 is 9.47 Å². The van der Waals surface area contributed by atoms with Gasteiger partial charge < -0.3 is 14.8 Å². The number of hydrogen-bond donors (Lipinski definition) is 1. The van der Waals surface area contributed by atoms with Crippen LogP contribution in [-0.4, -0.2) is 64.1 Å². The molecular weight excluding hydrogens is 216 g/mol. The Morgan fingerprint density at radius 3 is 2.71 bits per heavy atom. The minimum absolute atomic E-state index is 0.467. The molecule has 0 aromatic rings. The van der Waals surface area contributed by atoms with Crippen molar-refractivity contribution in [1.82, 2.24) is 10.2 Å². The number of likely N-dealkylation sites (N-methyl/N-ethyl adjacent to an activating group) is 1. The van der Waals surface area contributed by atoms with Gasteiger partial charge in [0, 0.05) is 39.0 Å². The van der Waals surface area contributed by atoms with Crippen LogP contribution in [-0.2, 0) is 9.47 Å². The fourth-order valence-electron chi connectivity index (χ4n) is 2.35. The van der Waals surface area contributed by atoms with Gasteiger partial charge in [-0.2, -0.15) is 0 Å². The van der Waals surface area contributed by atoms with Gasteiger partial charge in [-0.25, -0.2) is 0 Å². The zero-order chi connectivity index (χ0) is 12.5. The van der Waals surface area contributed by atoms with E-state index < -0.39 is 0 Å². The summed E-state index contributed by atoms with van der Waals surface area (Å²) in [5.41, 5.74) is 0. The predicted molar refractivity (Wildman–Crippen MR) is 70.4 cm³/mol. The smallest absolute Gasteiger partial charge is 0.0630 e. The molecule has 0 amide bonds. The van der Waals surface area contributed by atoms with E-state index in [4.69, 9.17) is 9.47 Å². The van der Waals surface area contributed by atoms with E-state index in [1.807, 2.05) is 0 Å². The first kappa shape index (κ1) is 14.9. The van der Waals surface area contributed by atoms with E-state index in [-0.39, 0.29) is 0 Å². The van der Waals surface area contributed by atoms with E-state index >= 15 is 0 Å². The maximum Gasteiger partial charge on any atom is 0.0630 e. The van der Waals surface area contributed by atoms with Crippen molar-refractivity contribution in [2.75, 3.05) is 47.1 Å². The Bertz CT molecular complexity index is 184. The van der Waals surface area contributed by atoms with Gasteiger partial charge in [0.25, 0.3) is 0 Å². The first-order chi connectivity index (χ1) is 8.29. The average molecular weight is 244 g/mol. The average Bonchev–Trinajstić information content (AvgIpc) is 2.38. The topological polar surface area (TPSA) is 33.7 Å². The number of rotatable bonds is 8. The molecule has 1 atom stereocenters. The molecule has 0 aromatic heterocycles. The summed E-state index contributed by atoms with van der Waals surface area (Å²) in [6.45, 7) is 6.89. The van der Waals surface area contributed by atoms with Gasteiger partial charge >= 0.3 is 0 Å². The van der Waals surface area contributed by atoms with Gasteiger partial charge in [-0.1, -0.05) is 6.92 Å². The van der Waals surface area contributed by atoms with Crippen LogP contribution in [0.15, 0.2) is 0 Å². The molecule has 1 aliphatic heterocycles. The Morgan fingerprint density at radius 2 is 2.12 bits per heavy atom. The third-order valence-corrected chi connectivity index (χ3v) is 3.51. The Hall–Kier alpha value is -0.160. The second-order valence-corrected chi connectivity index (χ2v) is 4.82. The van der Waals surface area contributed by atoms with Crippen LogP contribution in [0.25, 0.3) is 0 Å². The Kier molecular flexibility index (Phi) is 7.77. The highest BCUT2D eigenvalue weighted by Crippen LogP contribution is 2.15. The number of nitrogens with zero attached hydrogens (tertiary/aromatic N) is 1. The van der Waals surface area contributed by atoms with Crippen molar-refractivity contribution in [2.45, 2.75) is 38.3 Å². The molecule has 1 rings (SSSR count). The van der Waals surface area contributed by atoms with Crippen LogP contribution in [0.3, 0.4) is 0 Å². The molecule has 0 spiro atoms. The molecule has 0 saturated carbocycles. The molecule has 4 heteroatoms. The molecule has 1 N–H and O–H groups in total. The number of ether oxygens (including phenoxy) is 2. The van der Waals surface area contributed by atoms with Crippen LogP contribution in [0.5, 0.6) is 0 Å². The van der Waals surface area contributed by atoms with Gasteiger partial charge in [-0.15, -0.1) is 0 Å². The molecule has 0 aliphatic carbocycles. The molecule has 0 bridgehead atoms. The van der Waals surface area contributed by atoms with Crippen LogP contribution in [0.2, 0.25) is 0 Å². The van der Waals surface area contributed by atoms with Crippen molar-refractivity contribution in [2.24, 2.45) is 0 Å². The fraction of sp³-hybridized carbons (Fsp3) is 1.00. The zero-order valence-corrected chi connectivity index (χ0v) is 11.6. The summed E-state index contributed by atoms with van der Waals surface area (Å²) in [6, 6.07) is 1.11. The molecule has 17 heavy (non-hydrogen) atoms. The van der Waals surface area contributed by atoms with Gasteiger partial charge in [-0.3, -0.25) is 4.90 Å². The standard InChI is InChI=1S/C13H28N2O2/c1-4-7-14-10-13(11-16-3)15(2)12-5-8-17-9-6-12/h12-14H,4-11H2,1-3H3. The Labute approximate surface area is 106 Å². The van der Waals surface area contributed by atoms with Crippen molar-refractivity contribution in [3.8, 4) is 0 Å². The van der Waals surface area contributed by atoms with Crippen LogP contribution in [0, 0.1) is 0 Å². The van der Waals surface area contributed by atoms with Crippen LogP contribution in [0.4, 0.5) is 0 Å². The second-order valence-electron chi connectivity index (χ2n) is 4.82. The van der Waals surface area contributed by atoms with Crippen molar-refractivity contribution in [3.05, 3.63) is 0 Å². The van der Waals surface area contributed by atoms with E-state index in [2.05, 4.69) is 24.2 Å². The van der Waals surface area contributed by atoms with E-state index in [1.165, 1.54) is 6.42 Å². The van der Waals surface area contributed by atoms with Gasteiger partial charge in [-0.05, 0) is 32.9 Å². The van der Waals surface area contributed by atoms with E-state index in [0.717, 1.165) is 45.8 Å². The highest BCUT2D eigenvalue weighted by atomic mass is 16.5. The van der Waals surface area contributed by atoms with E-state index in [1.54, 1.807) is 7.11 Å². The maximum absolute atomic E-state index is 5.41. The number of methoxy groups -OCH3 is 1. The highest BCUT2D eigenvalue weighted by Gasteiger charge is 2.24. The molecule has 1 fully saturated rings. The lowest BCUT2D eigenvalue weighted by Gasteiger charge is -2.37. The van der Waals surface area contributed by atoms with Crippen molar-refractivity contribution in [1.29, 1.82) is 0 Å². The largest absolute Gasteiger partial charge is 0.383 e. The summed E-state index contributed by atoms with van der Waals surface area (Å²) in [7, 11) is 4.00. The number of nitrogens with one attached hydrogen (secondary N) is 1. The first-order valence-corrected chi connectivity index (χ1v) is 6.79. The molecule has 0 radical (unpaired) electrons. The molecule has 1 saturated heterocycles. The molecule has 1 unspecified atom stereocenters. The van der Waals surface area contributed by atoms with Crippen LogP contribution < -0.4 is 5.32 Å². The number of hydrogen-bond acceptors (Lipinski definition) is 4. The molecule has 102 valence electrons. The third kappa shape index (κ3) is 5.34. The Balaban J connectivity index is 2.37. The van der Waals surface area contributed by atoms with E-state index in [9.17, 15) is 0 Å². The lowest BCUT2D eigenvalue weighted by Crippen LogP contribution is -2.49. The third-order valence-electron chi connectivity index (χ3n) is 3.51. The summed E-state index contributed by atoms with van der Waals surface area (Å²) in [4.78, 5) is 2.47. The second kappa shape index (κ2) is 8.86. The lowest BCUT2D eigenvalue weighted by molar-refractivity contribution is 0.0114. The molecule has 1 heterocycles. The van der Waals surface area contributed by atoms with Crippen molar-refractivity contribution in [3.63, 3.8) is 0 Å². The molecule has 1 aliphatic rings. The van der Waals surface area contributed by atoms with Gasteiger partial charge in [0.2, 0.25) is 0 Å². The van der Waals surface area contributed by atoms with Gasteiger partial charge in [0.15, 0.2) is 0 Å². The summed E-state index contributed by atoms with van der Waals surface area (Å²) >= 11 is 0. The van der Waals surface area contributed by atoms with Gasteiger partial charge in [0.05, 0.1) is 6.61 Å². The first-order valence-electron chi connectivity index (χ1n) is 6.79. The summed E-state index contributed by atoms with van der Waals surface area (Å²) in [5, 5.41) is 3.49. The summed E-state index contributed by atoms with van der Waals surface area (Å²) < 4.78 is 10.7. The van der Waals surface area contributed by atoms with Gasteiger partial charge in [0.1, 0.15) is 0 Å². The SMILES string of the molecule is CCCNCC(COC)N(C)C1CCOCC1. The highest BCUT2D eigenvalue weighted by molar-refractivity contribution is 4.79. The van der Waals surface area contributed by atoms with E-state index in [0.29, 0.717) is 12.1 Å². The van der Waals surface area contributed by atoms with Crippen LogP contribution in [0.1, 0.15) is 26.2 Å². The molecule has 4 nitrogen and oxygen atoms in total. The summed E-state index contributed by atoms with van der Waals surface area (Å²) in [6.07, 6.45) is 3.47. The normalized spacial score (nSPS) is 19.8. The zero-order valence-electron chi connectivity index (χ0n) is 11.6. The summed E-state index contributed by atoms with van der Waals surface area (Å²) in [5.74, 6) is 0. The minimum atomic E-state index is 0.467. The van der Waals surface area contributed by atoms with Crippen LogP contribution >= 0.6 is 0 Å². The monoisotopic (exact) mass is 244 g/mol. The lowest BCUT2D eigenvalue weighted by atomic mass is 10.1. The fourth-order valence-corrected chi connectivity index (χ4v) is 2.35. The van der Waals surface area contributed by atoms with Crippen molar-refractivity contribution >= 4 is 0 Å². The maximum atomic E-state index is 5.41. The molecular formula is C13H28N2O2. The minimum Gasteiger partial charge on any atom is -0.383 e. The molecule has 0 aromatic carbocycles. The predicted octanol–water partition coefficient (Wildman–Crippen LogP) is 1.11. The Morgan fingerprint density at radius 1 is 1.41 bits per heavy atom. The quantitative estimate of drug-likeness (QED) is 0.649.